The van der Waals surface area contributed by atoms with Gasteiger partial charge in [0, 0.05) is 17.3 Å². The Hall–Kier alpha value is -3.72. The zero-order valence-electron chi connectivity index (χ0n) is 17.6. The first-order valence-corrected chi connectivity index (χ1v) is 10.6. The smallest absolute Gasteiger partial charge is 0.115 e. The van der Waals surface area contributed by atoms with Gasteiger partial charge in [0.05, 0.1) is 0 Å². The predicted molar refractivity (Wildman–Crippen MR) is 127 cm³/mol. The third-order valence-electron chi connectivity index (χ3n) is 5.72. The maximum atomic E-state index is 9.79. The van der Waals surface area contributed by atoms with Gasteiger partial charge in [-0.25, -0.2) is 0 Å². The Labute approximate surface area is 183 Å². The van der Waals surface area contributed by atoms with Crippen molar-refractivity contribution in [2.45, 2.75) is 25.2 Å². The van der Waals surface area contributed by atoms with Crippen molar-refractivity contribution < 1.29 is 10.2 Å². The van der Waals surface area contributed by atoms with Crippen LogP contribution in [-0.4, -0.2) is 10.2 Å². The lowest BCUT2D eigenvalue weighted by atomic mass is 9.76. The van der Waals surface area contributed by atoms with E-state index in [4.69, 9.17) is 0 Å². The summed E-state index contributed by atoms with van der Waals surface area (Å²) < 4.78 is 0. The van der Waals surface area contributed by atoms with Gasteiger partial charge in [-0.15, -0.1) is 0 Å². The van der Waals surface area contributed by atoms with Crippen LogP contribution >= 0.6 is 0 Å². The van der Waals surface area contributed by atoms with Crippen molar-refractivity contribution in [2.75, 3.05) is 5.32 Å². The number of benzene rings is 4. The third kappa shape index (κ3) is 4.89. The van der Waals surface area contributed by atoms with Crippen LogP contribution in [0, 0.1) is 0 Å². The van der Waals surface area contributed by atoms with Crippen molar-refractivity contribution in [3.8, 4) is 11.5 Å². The van der Waals surface area contributed by atoms with E-state index in [-0.39, 0.29) is 23.3 Å². The molecule has 4 rings (SSSR count). The Balaban J connectivity index is 1.73. The summed E-state index contributed by atoms with van der Waals surface area (Å²) >= 11 is 0. The van der Waals surface area contributed by atoms with Gasteiger partial charge in [-0.1, -0.05) is 61.5 Å². The fourth-order valence-electron chi connectivity index (χ4n) is 4.22. The number of para-hydroxylation sites is 1. The fourth-order valence-corrected chi connectivity index (χ4v) is 4.22. The quantitative estimate of drug-likeness (QED) is 0.303. The van der Waals surface area contributed by atoms with Crippen LogP contribution in [0.5, 0.6) is 11.5 Å². The molecular weight excluding hydrogens is 382 g/mol. The molecule has 0 aliphatic rings. The summed E-state index contributed by atoms with van der Waals surface area (Å²) in [5.74, 6) is 0.843. The average Bonchev–Trinajstić information content (AvgIpc) is 2.80. The molecule has 31 heavy (non-hydrogen) atoms. The van der Waals surface area contributed by atoms with Gasteiger partial charge in [-0.05, 0) is 77.6 Å². The van der Waals surface area contributed by atoms with Crippen LogP contribution in [0.3, 0.4) is 0 Å². The second-order valence-electron chi connectivity index (χ2n) is 7.79. The van der Waals surface area contributed by atoms with Gasteiger partial charge < -0.3 is 15.5 Å². The van der Waals surface area contributed by atoms with Crippen LogP contribution in [0.15, 0.2) is 103 Å². The normalized spacial score (nSPS) is 11.9. The number of hydrogen-bond donors (Lipinski definition) is 3. The second kappa shape index (κ2) is 9.40. The molecule has 0 aliphatic heterocycles. The fraction of sp³-hybridized carbons (Fsp3) is 0.143. The van der Waals surface area contributed by atoms with Gasteiger partial charge in [0.2, 0.25) is 0 Å². The first-order valence-electron chi connectivity index (χ1n) is 10.6. The van der Waals surface area contributed by atoms with E-state index in [1.54, 1.807) is 24.3 Å². The Bertz CT molecular complexity index is 1060. The van der Waals surface area contributed by atoms with Crippen LogP contribution < -0.4 is 5.32 Å². The standard InChI is InChI=1S/C28H27NO2/c1-2-27(22-7-6-10-24(19-22)29-23-8-4-3-5-9-23)28(20-11-15-25(30)16-12-20)21-13-17-26(31)18-14-21/h3-19,27-31H,2H2,1H3/t27-/m1/s1. The van der Waals surface area contributed by atoms with E-state index in [1.807, 2.05) is 42.5 Å². The number of hydrogen-bond acceptors (Lipinski definition) is 3. The van der Waals surface area contributed by atoms with Gasteiger partial charge in [-0.3, -0.25) is 0 Å². The zero-order valence-corrected chi connectivity index (χ0v) is 17.6. The van der Waals surface area contributed by atoms with Crippen molar-refractivity contribution >= 4 is 11.4 Å². The molecule has 0 aromatic heterocycles. The van der Waals surface area contributed by atoms with E-state index >= 15 is 0 Å². The SMILES string of the molecule is CC[C@H](c1cccc(Nc2ccccc2)c1)C(c1ccc(O)cc1)c1ccc(O)cc1. The minimum absolute atomic E-state index is 0.0955. The van der Waals surface area contributed by atoms with Crippen LogP contribution in [0.25, 0.3) is 0 Å². The van der Waals surface area contributed by atoms with Gasteiger partial charge in [0.15, 0.2) is 0 Å². The highest BCUT2D eigenvalue weighted by atomic mass is 16.3. The molecule has 0 fully saturated rings. The lowest BCUT2D eigenvalue weighted by molar-refractivity contribution is 0.474. The Kier molecular flexibility index (Phi) is 6.23. The van der Waals surface area contributed by atoms with Gasteiger partial charge in [0.25, 0.3) is 0 Å². The first kappa shape index (κ1) is 20.5. The molecule has 0 saturated heterocycles. The molecule has 0 saturated carbocycles. The Morgan fingerprint density at radius 1 is 0.613 bits per heavy atom. The summed E-state index contributed by atoms with van der Waals surface area (Å²) in [4.78, 5) is 0. The van der Waals surface area contributed by atoms with Crippen molar-refractivity contribution in [1.29, 1.82) is 0 Å². The topological polar surface area (TPSA) is 52.5 Å². The Morgan fingerprint density at radius 2 is 1.16 bits per heavy atom. The van der Waals surface area contributed by atoms with Gasteiger partial charge in [-0.2, -0.15) is 0 Å². The molecule has 0 spiro atoms. The maximum Gasteiger partial charge on any atom is 0.115 e. The molecule has 1 atom stereocenters. The second-order valence-corrected chi connectivity index (χ2v) is 7.79. The summed E-state index contributed by atoms with van der Waals surface area (Å²) in [6.45, 7) is 2.20. The molecule has 0 aliphatic carbocycles. The van der Waals surface area contributed by atoms with E-state index in [9.17, 15) is 10.2 Å². The van der Waals surface area contributed by atoms with E-state index in [0.29, 0.717) is 0 Å². The highest BCUT2D eigenvalue weighted by Crippen LogP contribution is 2.42. The summed E-state index contributed by atoms with van der Waals surface area (Å²) in [7, 11) is 0. The third-order valence-corrected chi connectivity index (χ3v) is 5.72. The molecule has 0 radical (unpaired) electrons. The van der Waals surface area contributed by atoms with Crippen molar-refractivity contribution in [3.05, 3.63) is 120 Å². The van der Waals surface area contributed by atoms with Gasteiger partial charge >= 0.3 is 0 Å². The van der Waals surface area contributed by atoms with Crippen molar-refractivity contribution in [1.82, 2.24) is 0 Å². The number of phenols is 2. The molecule has 0 bridgehead atoms. The molecule has 0 unspecified atom stereocenters. The number of aromatic hydroxyl groups is 2. The molecular formula is C28H27NO2. The largest absolute Gasteiger partial charge is 0.508 e. The van der Waals surface area contributed by atoms with Crippen LogP contribution in [-0.2, 0) is 0 Å². The number of anilines is 2. The molecule has 3 nitrogen and oxygen atoms in total. The average molecular weight is 410 g/mol. The number of rotatable bonds is 7. The highest BCUT2D eigenvalue weighted by Gasteiger charge is 2.25. The molecule has 4 aromatic rings. The van der Waals surface area contributed by atoms with Crippen molar-refractivity contribution in [3.63, 3.8) is 0 Å². The van der Waals surface area contributed by atoms with E-state index < -0.39 is 0 Å². The van der Waals surface area contributed by atoms with Crippen LogP contribution in [0.1, 0.15) is 41.9 Å². The van der Waals surface area contributed by atoms with E-state index in [0.717, 1.165) is 28.9 Å². The molecule has 4 aromatic carbocycles. The molecule has 3 heteroatoms. The van der Waals surface area contributed by atoms with Crippen LogP contribution in [0.2, 0.25) is 0 Å². The number of nitrogens with one attached hydrogen (secondary N) is 1. The monoisotopic (exact) mass is 409 g/mol. The minimum atomic E-state index is 0.0955. The number of phenolic OH excluding ortho intramolecular Hbond substituents is 2. The lowest BCUT2D eigenvalue weighted by Crippen LogP contribution is -2.13. The van der Waals surface area contributed by atoms with E-state index in [1.165, 1.54) is 5.56 Å². The van der Waals surface area contributed by atoms with Crippen molar-refractivity contribution in [2.24, 2.45) is 0 Å². The summed E-state index contributed by atoms with van der Waals surface area (Å²) in [5.41, 5.74) is 5.63. The highest BCUT2D eigenvalue weighted by molar-refractivity contribution is 5.60. The molecule has 0 heterocycles. The lowest BCUT2D eigenvalue weighted by Gasteiger charge is -2.28. The molecule has 156 valence electrons. The Morgan fingerprint density at radius 3 is 1.71 bits per heavy atom. The van der Waals surface area contributed by atoms with Gasteiger partial charge in [0.1, 0.15) is 11.5 Å². The summed E-state index contributed by atoms with van der Waals surface area (Å²) in [6, 6.07) is 33.6. The van der Waals surface area contributed by atoms with E-state index in [2.05, 4.69) is 48.6 Å². The summed E-state index contributed by atoms with van der Waals surface area (Å²) in [6.07, 6.45) is 0.946. The van der Waals surface area contributed by atoms with Crippen LogP contribution in [0.4, 0.5) is 11.4 Å². The minimum Gasteiger partial charge on any atom is -0.508 e. The molecule has 0 amide bonds. The maximum absolute atomic E-state index is 9.79. The zero-order chi connectivity index (χ0) is 21.6. The predicted octanol–water partition coefficient (Wildman–Crippen LogP) is 7.17. The summed E-state index contributed by atoms with van der Waals surface area (Å²) in [5, 5.41) is 23.1. The molecule has 3 N–H and O–H groups in total. The first-order chi connectivity index (χ1) is 15.1.